The van der Waals surface area contributed by atoms with Gasteiger partial charge in [0, 0.05) is 12.1 Å². The molecule has 17 heavy (non-hydrogen) atoms. The molecule has 0 saturated heterocycles. The zero-order valence-corrected chi connectivity index (χ0v) is 11.2. The van der Waals surface area contributed by atoms with Crippen LogP contribution in [0, 0.1) is 5.92 Å². The van der Waals surface area contributed by atoms with Crippen molar-refractivity contribution >= 4 is 5.91 Å². The molecule has 0 aromatic heterocycles. The van der Waals surface area contributed by atoms with Crippen molar-refractivity contribution in [2.45, 2.75) is 51.5 Å². The average molecular weight is 241 g/mol. The molecule has 0 aliphatic heterocycles. The minimum Gasteiger partial charge on any atom is -0.369 e. The van der Waals surface area contributed by atoms with Gasteiger partial charge in [-0.3, -0.25) is 9.69 Å². The lowest BCUT2D eigenvalue weighted by atomic mass is 9.74. The van der Waals surface area contributed by atoms with E-state index in [1.165, 1.54) is 19.3 Å². The van der Waals surface area contributed by atoms with Crippen LogP contribution in [-0.4, -0.2) is 36.0 Å². The Hall–Kier alpha value is -0.610. The van der Waals surface area contributed by atoms with Gasteiger partial charge >= 0.3 is 0 Å². The van der Waals surface area contributed by atoms with E-state index in [4.69, 9.17) is 11.5 Å². The third-order valence-corrected chi connectivity index (χ3v) is 4.39. The number of carbonyl (C=O) groups excluding carboxylic acids is 1. The van der Waals surface area contributed by atoms with Gasteiger partial charge in [-0.25, -0.2) is 0 Å². The van der Waals surface area contributed by atoms with Gasteiger partial charge < -0.3 is 11.5 Å². The van der Waals surface area contributed by atoms with E-state index in [2.05, 4.69) is 18.7 Å². The molecule has 0 heterocycles. The van der Waals surface area contributed by atoms with Crippen molar-refractivity contribution in [1.82, 2.24) is 4.90 Å². The quantitative estimate of drug-likeness (QED) is 0.731. The van der Waals surface area contributed by atoms with Crippen LogP contribution in [0.3, 0.4) is 0 Å². The Bertz CT molecular complexity index is 247. The number of carbonyl (C=O) groups is 1. The maximum Gasteiger partial charge on any atom is 0.231 e. The molecular formula is C13H27N3O. The lowest BCUT2D eigenvalue weighted by molar-refractivity contribution is -0.121. The molecule has 0 unspecified atom stereocenters. The number of hydrogen-bond acceptors (Lipinski definition) is 3. The number of rotatable bonds is 6. The molecular weight excluding hydrogens is 214 g/mol. The first-order valence-electron chi connectivity index (χ1n) is 6.81. The Balaban J connectivity index is 2.70. The smallest absolute Gasteiger partial charge is 0.231 e. The number of nitrogens with zero attached hydrogens (tertiary/aromatic N) is 1. The summed E-state index contributed by atoms with van der Waals surface area (Å²) >= 11 is 0. The van der Waals surface area contributed by atoms with Crippen molar-refractivity contribution in [1.29, 1.82) is 0 Å². The first-order valence-corrected chi connectivity index (χ1v) is 6.81. The lowest BCUT2D eigenvalue weighted by Gasteiger charge is -2.47. The number of amides is 1. The highest BCUT2D eigenvalue weighted by atomic mass is 16.1. The van der Waals surface area contributed by atoms with Crippen LogP contribution in [0.5, 0.6) is 0 Å². The molecule has 0 bridgehead atoms. The van der Waals surface area contributed by atoms with Crippen molar-refractivity contribution in [2.75, 3.05) is 19.6 Å². The molecule has 0 aromatic carbocycles. The molecule has 0 aromatic rings. The summed E-state index contributed by atoms with van der Waals surface area (Å²) in [7, 11) is 0. The standard InChI is InChI=1S/C13H27N3O/c1-3-11-5-7-13(10-14,8-6-11)16(4-2)9-12(15)17/h11H,3-10,14H2,1-2H3,(H2,15,17). The van der Waals surface area contributed by atoms with Gasteiger partial charge in [-0.2, -0.15) is 0 Å². The van der Waals surface area contributed by atoms with Crippen LogP contribution in [0.25, 0.3) is 0 Å². The second-order valence-corrected chi connectivity index (χ2v) is 5.26. The summed E-state index contributed by atoms with van der Waals surface area (Å²) in [6.07, 6.45) is 5.90. The van der Waals surface area contributed by atoms with Crippen LogP contribution in [0.1, 0.15) is 46.0 Å². The zero-order chi connectivity index (χ0) is 12.9. The molecule has 0 atom stereocenters. The molecule has 4 nitrogen and oxygen atoms in total. The third-order valence-electron chi connectivity index (χ3n) is 4.39. The van der Waals surface area contributed by atoms with Gasteiger partial charge in [-0.15, -0.1) is 0 Å². The molecule has 0 radical (unpaired) electrons. The van der Waals surface area contributed by atoms with Gasteiger partial charge in [-0.1, -0.05) is 20.3 Å². The summed E-state index contributed by atoms with van der Waals surface area (Å²) in [5, 5.41) is 0. The zero-order valence-electron chi connectivity index (χ0n) is 11.2. The molecule has 1 aliphatic rings. The van der Waals surface area contributed by atoms with Crippen molar-refractivity contribution in [3.8, 4) is 0 Å². The number of hydrogen-bond donors (Lipinski definition) is 2. The summed E-state index contributed by atoms with van der Waals surface area (Å²) in [6, 6.07) is 0. The van der Waals surface area contributed by atoms with Crippen molar-refractivity contribution in [2.24, 2.45) is 17.4 Å². The fourth-order valence-corrected chi connectivity index (χ4v) is 3.08. The third kappa shape index (κ3) is 3.42. The number of likely N-dealkylation sites (N-methyl/N-ethyl adjacent to an activating group) is 1. The van der Waals surface area contributed by atoms with Gasteiger partial charge in [0.05, 0.1) is 6.54 Å². The van der Waals surface area contributed by atoms with Gasteiger partial charge in [0.15, 0.2) is 0 Å². The lowest BCUT2D eigenvalue weighted by Crippen LogP contribution is -2.57. The predicted octanol–water partition coefficient (Wildman–Crippen LogP) is 1.09. The van der Waals surface area contributed by atoms with Gasteiger partial charge in [0.1, 0.15) is 0 Å². The van der Waals surface area contributed by atoms with E-state index in [-0.39, 0.29) is 11.4 Å². The largest absolute Gasteiger partial charge is 0.369 e. The van der Waals surface area contributed by atoms with Gasteiger partial charge in [0.2, 0.25) is 5.91 Å². The molecule has 0 spiro atoms. The molecule has 1 saturated carbocycles. The van der Waals surface area contributed by atoms with E-state index in [1.807, 2.05) is 0 Å². The van der Waals surface area contributed by atoms with Crippen LogP contribution < -0.4 is 11.5 Å². The first-order chi connectivity index (χ1) is 8.07. The summed E-state index contributed by atoms with van der Waals surface area (Å²) < 4.78 is 0. The summed E-state index contributed by atoms with van der Waals surface area (Å²) in [4.78, 5) is 13.3. The minimum atomic E-state index is -0.253. The van der Waals surface area contributed by atoms with Crippen LogP contribution in [0.4, 0.5) is 0 Å². The summed E-state index contributed by atoms with van der Waals surface area (Å²) in [5.41, 5.74) is 11.3. The molecule has 4 heteroatoms. The molecule has 4 N–H and O–H groups in total. The van der Waals surface area contributed by atoms with Crippen LogP contribution in [0.2, 0.25) is 0 Å². The van der Waals surface area contributed by atoms with E-state index < -0.39 is 0 Å². The van der Waals surface area contributed by atoms with Crippen LogP contribution in [-0.2, 0) is 4.79 Å². The Kier molecular flexibility index (Phi) is 5.40. The Morgan fingerprint density at radius 3 is 2.29 bits per heavy atom. The SMILES string of the molecule is CCC1CCC(CN)(N(CC)CC(N)=O)CC1. The second kappa shape index (κ2) is 6.36. The molecule has 1 amide bonds. The van der Waals surface area contributed by atoms with Gasteiger partial charge in [0.25, 0.3) is 0 Å². The van der Waals surface area contributed by atoms with Crippen molar-refractivity contribution in [3.05, 3.63) is 0 Å². The molecule has 1 fully saturated rings. The highest BCUT2D eigenvalue weighted by Gasteiger charge is 2.38. The summed E-state index contributed by atoms with van der Waals surface area (Å²) in [5.74, 6) is 0.583. The Labute approximate surface area is 105 Å². The second-order valence-electron chi connectivity index (χ2n) is 5.26. The topological polar surface area (TPSA) is 72.3 Å². The Morgan fingerprint density at radius 1 is 1.35 bits per heavy atom. The Morgan fingerprint density at radius 2 is 1.94 bits per heavy atom. The van der Waals surface area contributed by atoms with E-state index in [9.17, 15) is 4.79 Å². The average Bonchev–Trinajstić information content (AvgIpc) is 2.35. The van der Waals surface area contributed by atoms with E-state index in [0.29, 0.717) is 13.1 Å². The van der Waals surface area contributed by atoms with E-state index >= 15 is 0 Å². The number of primary amides is 1. The molecule has 1 rings (SSSR count). The first kappa shape index (κ1) is 14.5. The molecule has 1 aliphatic carbocycles. The maximum absolute atomic E-state index is 11.1. The highest BCUT2D eigenvalue weighted by Crippen LogP contribution is 2.36. The molecule has 100 valence electrons. The highest BCUT2D eigenvalue weighted by molar-refractivity contribution is 5.76. The number of nitrogens with two attached hydrogens (primary N) is 2. The predicted molar refractivity (Wildman–Crippen MR) is 70.5 cm³/mol. The van der Waals surface area contributed by atoms with Gasteiger partial charge in [-0.05, 0) is 38.1 Å². The van der Waals surface area contributed by atoms with Crippen molar-refractivity contribution < 1.29 is 4.79 Å². The minimum absolute atomic E-state index is 0.00938. The fraction of sp³-hybridized carbons (Fsp3) is 0.923. The van der Waals surface area contributed by atoms with Crippen LogP contribution in [0.15, 0.2) is 0 Å². The van der Waals surface area contributed by atoms with E-state index in [1.54, 1.807) is 0 Å². The fourth-order valence-electron chi connectivity index (χ4n) is 3.08. The summed E-state index contributed by atoms with van der Waals surface area (Å²) in [6.45, 7) is 6.14. The van der Waals surface area contributed by atoms with Crippen molar-refractivity contribution in [3.63, 3.8) is 0 Å². The maximum atomic E-state index is 11.1. The van der Waals surface area contributed by atoms with E-state index in [0.717, 1.165) is 25.3 Å². The van der Waals surface area contributed by atoms with Crippen LogP contribution >= 0.6 is 0 Å². The monoisotopic (exact) mass is 241 g/mol. The normalized spacial score (nSPS) is 29.5.